The van der Waals surface area contributed by atoms with Crippen LogP contribution in [0, 0.1) is 0 Å². The molecule has 0 aliphatic heterocycles. The Morgan fingerprint density at radius 3 is 2.12 bits per heavy atom. The number of allylic oxidation sites excluding steroid dienone is 7. The first-order valence-corrected chi connectivity index (χ1v) is 20.1. The van der Waals surface area contributed by atoms with Crippen LogP contribution in [0.4, 0.5) is 0 Å². The molecule has 3 nitrogen and oxygen atoms in total. The van der Waals surface area contributed by atoms with E-state index in [0.717, 1.165) is 18.4 Å². The molecule has 1 atom stereocenters. The number of fused-ring (bicyclic) bond motifs is 9. The van der Waals surface area contributed by atoms with E-state index in [9.17, 15) is 0 Å². The molecule has 3 heteroatoms. The summed E-state index contributed by atoms with van der Waals surface area (Å²) in [6.45, 7) is 2.04. The molecular weight excluding hydrogens is 691 g/mol. The number of para-hydroxylation sites is 4. The fourth-order valence-electron chi connectivity index (χ4n) is 9.64. The standard InChI is InChI=1S/C54H41N3/c1-2-3-4-5-7-22-38-23-18-28-39(37-20-8-6-9-21-37)53(38)57-47-31-16-12-26-42(47)43-35-36-51(54(43)57)56-48-32-17-13-27-44(48)52-49(33-19-34-50(52)56)55-45-29-14-10-24-40(45)41-25-11-15-30-46(41)55/h2-10,12-24,26-36,51H,11,25H2,1H3/b3-2-,5-4-,22-7+. The summed E-state index contributed by atoms with van der Waals surface area (Å²) < 4.78 is 7.68. The van der Waals surface area contributed by atoms with E-state index in [1.54, 1.807) is 0 Å². The monoisotopic (exact) mass is 731 g/mol. The van der Waals surface area contributed by atoms with E-state index in [1.807, 2.05) is 6.92 Å². The largest absolute Gasteiger partial charge is 0.328 e. The molecule has 3 heterocycles. The summed E-state index contributed by atoms with van der Waals surface area (Å²) in [7, 11) is 0. The SMILES string of the molecule is C\C=C/C=C\C=C\c1cccc(-c2ccccc2)c1-n1c2c(c3ccccc31)C=CC2n1c2ccccc2c2c(-n3c4c(c5ccccc53)CCC=C4)cccc21. The third-order valence-electron chi connectivity index (χ3n) is 11.9. The van der Waals surface area contributed by atoms with Crippen molar-refractivity contribution in [2.24, 2.45) is 0 Å². The lowest BCUT2D eigenvalue weighted by Gasteiger charge is -2.23. The van der Waals surface area contributed by atoms with Crippen molar-refractivity contribution in [3.8, 4) is 22.5 Å². The van der Waals surface area contributed by atoms with Gasteiger partial charge in [-0.2, -0.15) is 0 Å². The van der Waals surface area contributed by atoms with E-state index < -0.39 is 0 Å². The highest BCUT2D eigenvalue weighted by Gasteiger charge is 2.32. The van der Waals surface area contributed by atoms with E-state index in [1.165, 1.54) is 88.6 Å². The smallest absolute Gasteiger partial charge is 0.0939 e. The molecule has 272 valence electrons. The van der Waals surface area contributed by atoms with Crippen molar-refractivity contribution in [3.05, 3.63) is 210 Å². The summed E-state index contributed by atoms with van der Waals surface area (Å²) in [5.41, 5.74) is 16.2. The highest BCUT2D eigenvalue weighted by molar-refractivity contribution is 6.13. The van der Waals surface area contributed by atoms with Crippen LogP contribution in [0.1, 0.15) is 47.5 Å². The Labute approximate surface area is 332 Å². The topological polar surface area (TPSA) is 14.8 Å². The lowest BCUT2D eigenvalue weighted by molar-refractivity contribution is 0.723. The number of aryl methyl sites for hydroxylation is 1. The van der Waals surface area contributed by atoms with Gasteiger partial charge >= 0.3 is 0 Å². The zero-order chi connectivity index (χ0) is 37.9. The number of rotatable bonds is 7. The third-order valence-corrected chi connectivity index (χ3v) is 11.9. The van der Waals surface area contributed by atoms with Gasteiger partial charge in [0.1, 0.15) is 0 Å². The summed E-state index contributed by atoms with van der Waals surface area (Å²) in [6, 6.07) is 51.3. The summed E-state index contributed by atoms with van der Waals surface area (Å²) in [6.07, 6.45) is 24.3. The first-order chi connectivity index (χ1) is 28.3. The van der Waals surface area contributed by atoms with Gasteiger partial charge in [-0.25, -0.2) is 0 Å². The number of hydrogen-bond acceptors (Lipinski definition) is 0. The molecular formula is C54H41N3. The molecule has 0 spiro atoms. The van der Waals surface area contributed by atoms with Crippen LogP contribution in [0.3, 0.4) is 0 Å². The third kappa shape index (κ3) is 5.12. The van der Waals surface area contributed by atoms with Gasteiger partial charge < -0.3 is 13.7 Å². The Morgan fingerprint density at radius 2 is 1.28 bits per heavy atom. The van der Waals surface area contributed by atoms with Crippen LogP contribution in [0.25, 0.3) is 84.3 Å². The molecule has 6 aromatic carbocycles. The predicted molar refractivity (Wildman–Crippen MR) is 243 cm³/mol. The van der Waals surface area contributed by atoms with Gasteiger partial charge in [0.05, 0.1) is 45.2 Å². The van der Waals surface area contributed by atoms with E-state index in [0.29, 0.717) is 0 Å². The fraction of sp³-hybridized carbons (Fsp3) is 0.0741. The molecule has 0 saturated heterocycles. The van der Waals surface area contributed by atoms with Crippen molar-refractivity contribution in [1.82, 2.24) is 13.7 Å². The van der Waals surface area contributed by atoms with Crippen molar-refractivity contribution in [2.75, 3.05) is 0 Å². The molecule has 0 bridgehead atoms. The number of aromatic nitrogens is 3. The molecule has 57 heavy (non-hydrogen) atoms. The summed E-state index contributed by atoms with van der Waals surface area (Å²) in [5, 5.41) is 5.15. The number of hydrogen-bond donors (Lipinski definition) is 0. The molecule has 3 aromatic heterocycles. The highest BCUT2D eigenvalue weighted by Crippen LogP contribution is 2.47. The first-order valence-electron chi connectivity index (χ1n) is 20.1. The molecule has 0 N–H and O–H groups in total. The van der Waals surface area contributed by atoms with Gasteiger partial charge in [-0.05, 0) is 72.9 Å². The van der Waals surface area contributed by atoms with Crippen LogP contribution in [-0.2, 0) is 6.42 Å². The molecule has 0 amide bonds. The van der Waals surface area contributed by atoms with Crippen molar-refractivity contribution in [1.29, 1.82) is 0 Å². The molecule has 9 aromatic rings. The zero-order valence-electron chi connectivity index (χ0n) is 31.9. The van der Waals surface area contributed by atoms with Crippen molar-refractivity contribution in [3.63, 3.8) is 0 Å². The highest BCUT2D eigenvalue weighted by atomic mass is 15.1. The van der Waals surface area contributed by atoms with Crippen LogP contribution < -0.4 is 0 Å². The Hall–Kier alpha value is -7.10. The predicted octanol–water partition coefficient (Wildman–Crippen LogP) is 14.1. The van der Waals surface area contributed by atoms with Crippen LogP contribution in [0.5, 0.6) is 0 Å². The Bertz CT molecular complexity index is 3190. The van der Waals surface area contributed by atoms with Crippen molar-refractivity contribution < 1.29 is 0 Å². The molecule has 2 aliphatic carbocycles. The van der Waals surface area contributed by atoms with Gasteiger partial charge in [0.15, 0.2) is 0 Å². The van der Waals surface area contributed by atoms with Crippen LogP contribution in [0.15, 0.2) is 182 Å². The van der Waals surface area contributed by atoms with Gasteiger partial charge in [-0.15, -0.1) is 0 Å². The van der Waals surface area contributed by atoms with Gasteiger partial charge in [0, 0.05) is 38.4 Å². The Morgan fingerprint density at radius 1 is 0.579 bits per heavy atom. The maximum absolute atomic E-state index is 2.60. The molecule has 0 fully saturated rings. The summed E-state index contributed by atoms with van der Waals surface area (Å²) in [5.74, 6) is 0. The van der Waals surface area contributed by atoms with Crippen molar-refractivity contribution in [2.45, 2.75) is 25.8 Å². The second kappa shape index (κ2) is 13.6. The van der Waals surface area contributed by atoms with E-state index >= 15 is 0 Å². The molecule has 2 aliphatic rings. The maximum atomic E-state index is 2.60. The first kappa shape index (κ1) is 33.3. The minimum atomic E-state index is -0.0597. The number of nitrogens with zero attached hydrogens (tertiary/aromatic N) is 3. The Balaban J connectivity index is 1.20. The van der Waals surface area contributed by atoms with Gasteiger partial charge in [-0.3, -0.25) is 0 Å². The van der Waals surface area contributed by atoms with E-state index in [-0.39, 0.29) is 6.04 Å². The molecule has 0 saturated carbocycles. The second-order valence-corrected chi connectivity index (χ2v) is 15.1. The van der Waals surface area contributed by atoms with E-state index in [2.05, 4.69) is 214 Å². The van der Waals surface area contributed by atoms with Crippen molar-refractivity contribution >= 4 is 61.8 Å². The van der Waals surface area contributed by atoms with Crippen LogP contribution >= 0.6 is 0 Å². The molecule has 1 unspecified atom stereocenters. The number of benzene rings is 6. The summed E-state index contributed by atoms with van der Waals surface area (Å²) in [4.78, 5) is 0. The fourth-order valence-corrected chi connectivity index (χ4v) is 9.64. The van der Waals surface area contributed by atoms with Gasteiger partial charge in [0.2, 0.25) is 0 Å². The van der Waals surface area contributed by atoms with Crippen LogP contribution in [-0.4, -0.2) is 13.7 Å². The average molecular weight is 732 g/mol. The zero-order valence-corrected chi connectivity index (χ0v) is 31.9. The maximum Gasteiger partial charge on any atom is 0.0939 e. The quantitative estimate of drug-likeness (QED) is 0.145. The normalized spacial score (nSPS) is 15.1. The minimum Gasteiger partial charge on any atom is -0.328 e. The molecule has 0 radical (unpaired) electrons. The van der Waals surface area contributed by atoms with E-state index in [4.69, 9.17) is 0 Å². The Kier molecular flexibility index (Phi) is 7.92. The second-order valence-electron chi connectivity index (χ2n) is 15.1. The lowest BCUT2D eigenvalue weighted by atomic mass is 9.98. The lowest BCUT2D eigenvalue weighted by Crippen LogP contribution is -2.13. The van der Waals surface area contributed by atoms with Crippen LogP contribution in [0.2, 0.25) is 0 Å². The average Bonchev–Trinajstić information content (AvgIpc) is 4.02. The molecule has 11 rings (SSSR count). The summed E-state index contributed by atoms with van der Waals surface area (Å²) >= 11 is 0. The van der Waals surface area contributed by atoms with Gasteiger partial charge in [0.25, 0.3) is 0 Å². The minimum absolute atomic E-state index is 0.0597. The van der Waals surface area contributed by atoms with Gasteiger partial charge in [-0.1, -0.05) is 164 Å².